The van der Waals surface area contributed by atoms with Crippen molar-refractivity contribution in [2.24, 2.45) is 7.05 Å². The molecule has 0 saturated heterocycles. The highest BCUT2D eigenvalue weighted by Crippen LogP contribution is 2.39. The van der Waals surface area contributed by atoms with Crippen LogP contribution >= 0.6 is 23.1 Å². The van der Waals surface area contributed by atoms with E-state index >= 15 is 0 Å². The van der Waals surface area contributed by atoms with Crippen LogP contribution in [0.1, 0.15) is 23.3 Å². The number of nitrogens with zero attached hydrogens (tertiary/aromatic N) is 4. The Hall–Kier alpha value is -3.28. The van der Waals surface area contributed by atoms with E-state index in [4.69, 9.17) is 5.26 Å². The van der Waals surface area contributed by atoms with E-state index in [1.807, 2.05) is 13.2 Å². The summed E-state index contributed by atoms with van der Waals surface area (Å²) >= 11 is 3.58. The van der Waals surface area contributed by atoms with Gasteiger partial charge in [0.2, 0.25) is 0 Å². The van der Waals surface area contributed by atoms with Crippen molar-refractivity contribution in [3.63, 3.8) is 0 Å². The smallest absolute Gasteiger partial charge is 0.123 e. The number of fused-ring (bicyclic) bond motifs is 1. The first-order valence-electron chi connectivity index (χ1n) is 10.7. The minimum Gasteiger partial charge on any atom is -0.366 e. The van der Waals surface area contributed by atoms with Crippen molar-refractivity contribution in [1.29, 1.82) is 5.26 Å². The predicted molar refractivity (Wildman–Crippen MR) is 132 cm³/mol. The van der Waals surface area contributed by atoms with Crippen LogP contribution in [-0.2, 0) is 7.05 Å². The van der Waals surface area contributed by atoms with E-state index in [0.717, 1.165) is 40.3 Å². The lowest BCUT2D eigenvalue weighted by atomic mass is 10.00. The number of hydrogen-bond donors (Lipinski definition) is 1. The van der Waals surface area contributed by atoms with Gasteiger partial charge in [-0.1, -0.05) is 6.08 Å². The molecule has 5 nitrogen and oxygen atoms in total. The zero-order valence-electron chi connectivity index (χ0n) is 18.0. The van der Waals surface area contributed by atoms with Crippen LogP contribution in [0.5, 0.6) is 0 Å². The molecule has 1 atom stereocenters. The van der Waals surface area contributed by atoms with Gasteiger partial charge in [0.1, 0.15) is 17.7 Å². The zero-order chi connectivity index (χ0) is 22.8. The number of nitrogens with one attached hydrogen (secondary N) is 1. The topological polar surface area (TPSA) is 56.9 Å². The van der Waals surface area contributed by atoms with Crippen molar-refractivity contribution in [2.75, 3.05) is 5.75 Å². The molecular formula is C25H22FN5S2. The molecule has 0 radical (unpaired) electrons. The fraction of sp³-hybridized carbons (Fsp3) is 0.200. The number of aromatic nitrogens is 2. The van der Waals surface area contributed by atoms with Crippen LogP contribution in [0.3, 0.4) is 0 Å². The highest BCUT2D eigenvalue weighted by molar-refractivity contribution is 8.01. The lowest BCUT2D eigenvalue weighted by Gasteiger charge is -2.27. The third kappa shape index (κ3) is 4.47. The van der Waals surface area contributed by atoms with Crippen molar-refractivity contribution < 1.29 is 4.39 Å². The summed E-state index contributed by atoms with van der Waals surface area (Å²) in [6.45, 7) is 0. The number of thiophene rings is 1. The molecule has 0 saturated carbocycles. The second kappa shape index (κ2) is 9.30. The molecule has 8 heteroatoms. The summed E-state index contributed by atoms with van der Waals surface area (Å²) in [5, 5.41) is 16.8. The fourth-order valence-electron chi connectivity index (χ4n) is 3.89. The third-order valence-electron chi connectivity index (χ3n) is 5.47. The maximum atomic E-state index is 13.4. The maximum absolute atomic E-state index is 13.4. The molecular weight excluding hydrogens is 453 g/mol. The van der Waals surface area contributed by atoms with Gasteiger partial charge in [0.05, 0.1) is 20.9 Å². The number of hydrogen-bond acceptors (Lipinski definition) is 6. The van der Waals surface area contributed by atoms with Crippen molar-refractivity contribution in [2.45, 2.75) is 23.2 Å². The number of thioether (sulfide) groups is 1. The molecule has 0 amide bonds. The fourth-order valence-corrected chi connectivity index (χ4v) is 6.06. The van der Waals surface area contributed by atoms with E-state index < -0.39 is 0 Å². The summed E-state index contributed by atoms with van der Waals surface area (Å²) in [5.41, 5.74) is 4.90. The van der Waals surface area contributed by atoms with Gasteiger partial charge in [-0.3, -0.25) is 4.68 Å². The van der Waals surface area contributed by atoms with Gasteiger partial charge in [-0.2, -0.15) is 10.4 Å². The van der Waals surface area contributed by atoms with E-state index in [1.54, 1.807) is 39.9 Å². The van der Waals surface area contributed by atoms with Crippen molar-refractivity contribution in [3.8, 4) is 17.3 Å². The van der Waals surface area contributed by atoms with E-state index in [-0.39, 0.29) is 12.0 Å². The molecule has 2 aliphatic heterocycles. The van der Waals surface area contributed by atoms with E-state index in [1.165, 1.54) is 21.2 Å². The zero-order valence-corrected chi connectivity index (χ0v) is 19.7. The van der Waals surface area contributed by atoms with Gasteiger partial charge in [-0.15, -0.1) is 23.1 Å². The lowest BCUT2D eigenvalue weighted by Crippen LogP contribution is -2.32. The molecule has 0 bridgehead atoms. The minimum absolute atomic E-state index is 0.0727. The molecule has 1 unspecified atom stereocenters. The molecule has 1 N–H and O–H groups in total. The van der Waals surface area contributed by atoms with Gasteiger partial charge in [0.25, 0.3) is 0 Å². The van der Waals surface area contributed by atoms with Gasteiger partial charge in [-0.25, -0.2) is 4.39 Å². The Kier molecular flexibility index (Phi) is 6.07. The molecule has 1 aromatic carbocycles. The first-order valence-corrected chi connectivity index (χ1v) is 12.5. The molecule has 0 fully saturated rings. The summed E-state index contributed by atoms with van der Waals surface area (Å²) < 4.78 is 16.5. The molecule has 3 aromatic rings. The average Bonchev–Trinajstić information content (AvgIpc) is 3.55. The Balaban J connectivity index is 1.40. The number of halogens is 1. The van der Waals surface area contributed by atoms with Crippen LogP contribution in [-0.4, -0.2) is 26.6 Å². The Morgan fingerprint density at radius 3 is 2.91 bits per heavy atom. The highest BCUT2D eigenvalue weighted by atomic mass is 32.2. The largest absolute Gasteiger partial charge is 0.366 e. The second-order valence-electron chi connectivity index (χ2n) is 7.79. The molecule has 33 heavy (non-hydrogen) atoms. The Morgan fingerprint density at radius 2 is 2.09 bits per heavy atom. The summed E-state index contributed by atoms with van der Waals surface area (Å²) in [6.07, 6.45) is 12.1. The summed E-state index contributed by atoms with van der Waals surface area (Å²) in [5.74, 6) is 0.698. The quantitative estimate of drug-likeness (QED) is 0.344. The second-order valence-corrected chi connectivity index (χ2v) is 10.3. The van der Waals surface area contributed by atoms with Crippen LogP contribution in [0, 0.1) is 17.1 Å². The Morgan fingerprint density at radius 1 is 1.24 bits per heavy atom. The molecule has 2 aromatic heterocycles. The molecule has 0 aliphatic carbocycles. The summed E-state index contributed by atoms with van der Waals surface area (Å²) in [4.78, 5) is 3.44. The van der Waals surface area contributed by atoms with Gasteiger partial charge >= 0.3 is 0 Å². The minimum atomic E-state index is -0.257. The van der Waals surface area contributed by atoms with Gasteiger partial charge < -0.3 is 10.2 Å². The monoisotopic (exact) mass is 475 g/mol. The summed E-state index contributed by atoms with van der Waals surface area (Å²) in [6, 6.07) is 13.0. The maximum Gasteiger partial charge on any atom is 0.123 e. The van der Waals surface area contributed by atoms with Crippen LogP contribution in [0.2, 0.25) is 0 Å². The first kappa shape index (κ1) is 21.6. The molecule has 4 heterocycles. The number of nitriles is 1. The Labute approximate surface area is 200 Å². The molecule has 2 aliphatic rings. The lowest BCUT2D eigenvalue weighted by molar-refractivity contribution is 0.444. The molecule has 5 rings (SSSR count). The number of aryl methyl sites for hydroxylation is 1. The normalized spacial score (nSPS) is 16.8. The molecule has 166 valence electrons. The van der Waals surface area contributed by atoms with Crippen LogP contribution in [0.25, 0.3) is 22.5 Å². The number of unbranched alkanes of at least 4 members (excludes halogenated alkanes) is 1. The number of allylic oxidation sites excluding steroid dienone is 2. The molecule has 0 spiro atoms. The number of rotatable bonds is 7. The van der Waals surface area contributed by atoms with Gasteiger partial charge in [-0.05, 0) is 54.6 Å². The van der Waals surface area contributed by atoms with Crippen LogP contribution in [0.15, 0.2) is 71.4 Å². The SMILES string of the molecule is Cn1cc(C2=CN3C(c4ccc(SCCCC#N)s4)=CNC3C=C2)c(-c2ccc(F)cc2)n1. The van der Waals surface area contributed by atoms with Crippen molar-refractivity contribution in [3.05, 3.63) is 83.4 Å². The van der Waals surface area contributed by atoms with E-state index in [9.17, 15) is 4.39 Å². The van der Waals surface area contributed by atoms with Gasteiger partial charge in [0.15, 0.2) is 0 Å². The van der Waals surface area contributed by atoms with Crippen molar-refractivity contribution >= 4 is 34.4 Å². The highest BCUT2D eigenvalue weighted by Gasteiger charge is 2.28. The van der Waals surface area contributed by atoms with Crippen LogP contribution < -0.4 is 5.32 Å². The summed E-state index contributed by atoms with van der Waals surface area (Å²) in [7, 11) is 1.90. The standard InChI is InChI=1S/C25H22FN5S2/c1-30-16-20(25(29-30)17-4-7-19(26)8-5-17)18-6-10-23-28-14-21(31(23)15-18)22-9-11-24(33-22)32-13-3-2-12-27/h4-11,14-16,23,28H,2-3,13H2,1H3. The Bertz CT molecular complexity index is 1290. The van der Waals surface area contributed by atoms with Crippen molar-refractivity contribution in [1.82, 2.24) is 20.0 Å². The van der Waals surface area contributed by atoms with E-state index in [2.05, 4.69) is 58.1 Å². The van der Waals surface area contributed by atoms with Gasteiger partial charge in [0, 0.05) is 48.8 Å². The van der Waals surface area contributed by atoms with Crippen LogP contribution in [0.4, 0.5) is 4.39 Å². The third-order valence-corrected chi connectivity index (χ3v) is 7.89. The number of benzene rings is 1. The first-order chi connectivity index (χ1) is 16.1. The predicted octanol–water partition coefficient (Wildman–Crippen LogP) is 5.82. The average molecular weight is 476 g/mol. The van der Waals surface area contributed by atoms with E-state index in [0.29, 0.717) is 6.42 Å².